The highest BCUT2D eigenvalue weighted by molar-refractivity contribution is 5.07. The lowest BCUT2D eigenvalue weighted by Crippen LogP contribution is -2.19. The van der Waals surface area contributed by atoms with Crippen molar-refractivity contribution in [2.45, 2.75) is 25.7 Å². The summed E-state index contributed by atoms with van der Waals surface area (Å²) in [6, 6.07) is 0. The van der Waals surface area contributed by atoms with Crippen LogP contribution < -0.4 is 5.32 Å². The van der Waals surface area contributed by atoms with E-state index in [-0.39, 0.29) is 6.61 Å². The monoisotopic (exact) mass is 155 g/mol. The van der Waals surface area contributed by atoms with E-state index >= 15 is 0 Å². The Labute approximate surface area is 68.3 Å². The standard InChI is InChI=1S/C9H17NO/c11-8-7-10-6-5-9-3-1-2-4-9/h3,10-11H,1-2,4-8H2. The molecule has 11 heavy (non-hydrogen) atoms. The molecule has 2 N–H and O–H groups in total. The number of rotatable bonds is 5. The molecule has 0 bridgehead atoms. The molecule has 0 radical (unpaired) electrons. The highest BCUT2D eigenvalue weighted by Crippen LogP contribution is 2.19. The predicted octanol–water partition coefficient (Wildman–Crippen LogP) is 1.07. The molecule has 2 heteroatoms. The molecular formula is C9H17NO. The molecule has 0 unspecified atom stereocenters. The van der Waals surface area contributed by atoms with E-state index < -0.39 is 0 Å². The third-order valence-corrected chi connectivity index (χ3v) is 2.05. The fourth-order valence-electron chi connectivity index (χ4n) is 1.42. The van der Waals surface area contributed by atoms with Gasteiger partial charge >= 0.3 is 0 Å². The van der Waals surface area contributed by atoms with E-state index in [0.29, 0.717) is 0 Å². The van der Waals surface area contributed by atoms with Crippen LogP contribution in [0.5, 0.6) is 0 Å². The van der Waals surface area contributed by atoms with Crippen molar-refractivity contribution in [2.75, 3.05) is 19.7 Å². The van der Waals surface area contributed by atoms with E-state index in [0.717, 1.165) is 13.1 Å². The average Bonchev–Trinajstić information content (AvgIpc) is 2.50. The topological polar surface area (TPSA) is 32.3 Å². The molecule has 1 rings (SSSR count). The number of aliphatic hydroxyl groups excluding tert-OH is 1. The lowest BCUT2D eigenvalue weighted by atomic mass is 10.2. The molecule has 0 saturated heterocycles. The molecule has 0 aromatic rings. The van der Waals surface area contributed by atoms with Gasteiger partial charge in [0.15, 0.2) is 0 Å². The van der Waals surface area contributed by atoms with Gasteiger partial charge in [-0.3, -0.25) is 0 Å². The summed E-state index contributed by atoms with van der Waals surface area (Å²) >= 11 is 0. The van der Waals surface area contributed by atoms with Gasteiger partial charge in [0.25, 0.3) is 0 Å². The Morgan fingerprint density at radius 3 is 3.00 bits per heavy atom. The fourth-order valence-corrected chi connectivity index (χ4v) is 1.42. The van der Waals surface area contributed by atoms with Crippen LogP contribution in [-0.2, 0) is 0 Å². The van der Waals surface area contributed by atoms with Crippen LogP contribution in [0, 0.1) is 0 Å². The molecule has 0 amide bonds. The van der Waals surface area contributed by atoms with Crippen molar-refractivity contribution in [3.8, 4) is 0 Å². The first kappa shape index (κ1) is 8.75. The van der Waals surface area contributed by atoms with Gasteiger partial charge < -0.3 is 10.4 Å². The number of aliphatic hydroxyl groups is 1. The molecule has 0 heterocycles. The molecule has 0 atom stereocenters. The lowest BCUT2D eigenvalue weighted by Gasteiger charge is -2.02. The summed E-state index contributed by atoms with van der Waals surface area (Å²) in [7, 11) is 0. The van der Waals surface area contributed by atoms with Crippen molar-refractivity contribution in [3.63, 3.8) is 0 Å². The molecule has 0 aromatic heterocycles. The van der Waals surface area contributed by atoms with Crippen molar-refractivity contribution in [1.29, 1.82) is 0 Å². The number of hydrogen-bond donors (Lipinski definition) is 2. The minimum absolute atomic E-state index is 0.249. The number of nitrogens with one attached hydrogen (secondary N) is 1. The average molecular weight is 155 g/mol. The van der Waals surface area contributed by atoms with Crippen molar-refractivity contribution < 1.29 is 5.11 Å². The maximum absolute atomic E-state index is 8.48. The van der Waals surface area contributed by atoms with Gasteiger partial charge in [0.2, 0.25) is 0 Å². The summed E-state index contributed by atoms with van der Waals surface area (Å²) in [5.41, 5.74) is 1.59. The normalized spacial score (nSPS) is 17.0. The van der Waals surface area contributed by atoms with Crippen LogP contribution in [0.1, 0.15) is 25.7 Å². The van der Waals surface area contributed by atoms with Crippen molar-refractivity contribution in [2.24, 2.45) is 0 Å². The lowest BCUT2D eigenvalue weighted by molar-refractivity contribution is 0.292. The summed E-state index contributed by atoms with van der Waals surface area (Å²) in [5, 5.41) is 11.7. The van der Waals surface area contributed by atoms with Crippen LogP contribution >= 0.6 is 0 Å². The quantitative estimate of drug-likeness (QED) is 0.460. The Morgan fingerprint density at radius 2 is 2.36 bits per heavy atom. The molecule has 64 valence electrons. The second-order valence-corrected chi connectivity index (χ2v) is 2.98. The van der Waals surface area contributed by atoms with Crippen LogP contribution in [-0.4, -0.2) is 24.8 Å². The molecule has 0 aliphatic heterocycles. The Kier molecular flexibility index (Phi) is 4.24. The third-order valence-electron chi connectivity index (χ3n) is 2.05. The first-order chi connectivity index (χ1) is 5.43. The van der Waals surface area contributed by atoms with E-state index in [1.807, 2.05) is 0 Å². The largest absolute Gasteiger partial charge is 0.395 e. The van der Waals surface area contributed by atoms with Crippen LogP contribution in [0.3, 0.4) is 0 Å². The summed E-state index contributed by atoms with van der Waals surface area (Å²) in [6.07, 6.45) is 7.42. The molecule has 0 saturated carbocycles. The second-order valence-electron chi connectivity index (χ2n) is 2.98. The highest BCUT2D eigenvalue weighted by Gasteiger charge is 2.02. The molecule has 0 fully saturated rings. The third kappa shape index (κ3) is 3.54. The summed E-state index contributed by atoms with van der Waals surface area (Å²) in [4.78, 5) is 0. The first-order valence-corrected chi connectivity index (χ1v) is 4.43. The van der Waals surface area contributed by atoms with Gasteiger partial charge in [-0.2, -0.15) is 0 Å². The maximum Gasteiger partial charge on any atom is 0.0555 e. The smallest absolute Gasteiger partial charge is 0.0555 e. The zero-order valence-electron chi connectivity index (χ0n) is 6.97. The van der Waals surface area contributed by atoms with Crippen LogP contribution in [0.2, 0.25) is 0 Å². The van der Waals surface area contributed by atoms with E-state index in [1.165, 1.54) is 25.7 Å². The molecule has 1 aliphatic rings. The van der Waals surface area contributed by atoms with Gasteiger partial charge in [0.05, 0.1) is 6.61 Å². The van der Waals surface area contributed by atoms with Gasteiger partial charge in [-0.05, 0) is 32.2 Å². The van der Waals surface area contributed by atoms with E-state index in [9.17, 15) is 0 Å². The van der Waals surface area contributed by atoms with Gasteiger partial charge in [-0.15, -0.1) is 0 Å². The maximum atomic E-state index is 8.48. The molecule has 0 aromatic carbocycles. The first-order valence-electron chi connectivity index (χ1n) is 4.43. The zero-order chi connectivity index (χ0) is 7.94. The Balaban J connectivity index is 1.94. The van der Waals surface area contributed by atoms with Gasteiger partial charge in [0.1, 0.15) is 0 Å². The van der Waals surface area contributed by atoms with Gasteiger partial charge in [0, 0.05) is 6.54 Å². The predicted molar refractivity (Wildman–Crippen MR) is 46.5 cm³/mol. The number of hydrogen-bond acceptors (Lipinski definition) is 2. The van der Waals surface area contributed by atoms with Crippen molar-refractivity contribution in [1.82, 2.24) is 5.32 Å². The van der Waals surface area contributed by atoms with Crippen LogP contribution in [0.15, 0.2) is 11.6 Å². The molecule has 2 nitrogen and oxygen atoms in total. The Hall–Kier alpha value is -0.340. The van der Waals surface area contributed by atoms with Crippen molar-refractivity contribution >= 4 is 0 Å². The Bertz CT molecular complexity index is 132. The fraction of sp³-hybridized carbons (Fsp3) is 0.778. The van der Waals surface area contributed by atoms with Gasteiger partial charge in [-0.1, -0.05) is 11.6 Å². The SMILES string of the molecule is OCCNCCC1=CCCC1. The minimum Gasteiger partial charge on any atom is -0.395 e. The Morgan fingerprint density at radius 1 is 1.45 bits per heavy atom. The van der Waals surface area contributed by atoms with E-state index in [4.69, 9.17) is 5.11 Å². The van der Waals surface area contributed by atoms with Crippen molar-refractivity contribution in [3.05, 3.63) is 11.6 Å². The summed E-state index contributed by atoms with van der Waals surface area (Å²) in [5.74, 6) is 0. The van der Waals surface area contributed by atoms with Crippen LogP contribution in [0.25, 0.3) is 0 Å². The highest BCUT2D eigenvalue weighted by atomic mass is 16.3. The molecular weight excluding hydrogens is 138 g/mol. The van der Waals surface area contributed by atoms with E-state index in [1.54, 1.807) is 5.57 Å². The second kappa shape index (κ2) is 5.33. The summed E-state index contributed by atoms with van der Waals surface area (Å²) < 4.78 is 0. The van der Waals surface area contributed by atoms with Crippen LogP contribution in [0.4, 0.5) is 0 Å². The van der Waals surface area contributed by atoms with E-state index in [2.05, 4.69) is 11.4 Å². The van der Waals surface area contributed by atoms with Gasteiger partial charge in [-0.25, -0.2) is 0 Å². The molecule has 0 spiro atoms. The minimum atomic E-state index is 0.249. The molecule has 1 aliphatic carbocycles. The zero-order valence-corrected chi connectivity index (χ0v) is 6.97. The number of allylic oxidation sites excluding steroid dienone is 1. The summed E-state index contributed by atoms with van der Waals surface area (Å²) in [6.45, 7) is 2.00.